The molecule has 0 amide bonds. The van der Waals surface area contributed by atoms with Gasteiger partial charge in [-0.3, -0.25) is 9.59 Å². The normalized spacial score (nSPS) is 14.4. The fraction of sp³-hybridized carbons (Fsp3) is 0.429. The second-order valence-corrected chi connectivity index (χ2v) is 6.34. The van der Waals surface area contributed by atoms with Crippen molar-refractivity contribution in [2.75, 3.05) is 0 Å². The molecule has 0 bridgehead atoms. The molecule has 1 unspecified atom stereocenters. The molecule has 0 aliphatic rings. The van der Waals surface area contributed by atoms with Gasteiger partial charge >= 0.3 is 11.9 Å². The highest BCUT2D eigenvalue weighted by atomic mass is 79.9. The molecule has 0 radical (unpaired) electrons. The summed E-state index contributed by atoms with van der Waals surface area (Å²) in [6, 6.07) is 5.87. The molecule has 0 aliphatic heterocycles. The first kappa shape index (κ1) is 16.7. The highest BCUT2D eigenvalue weighted by Crippen LogP contribution is 2.24. The molecule has 6 heteroatoms. The number of aliphatic carboxylic acids is 1. The Hall–Kier alpha value is -1.40. The van der Waals surface area contributed by atoms with Crippen molar-refractivity contribution in [1.29, 1.82) is 0 Å². The van der Waals surface area contributed by atoms with E-state index in [0.29, 0.717) is 5.56 Å². The van der Waals surface area contributed by atoms with Crippen molar-refractivity contribution < 1.29 is 19.4 Å². The van der Waals surface area contributed by atoms with Crippen molar-refractivity contribution in [2.24, 2.45) is 11.7 Å². The van der Waals surface area contributed by atoms with Gasteiger partial charge in [-0.05, 0) is 38.5 Å². The summed E-state index contributed by atoms with van der Waals surface area (Å²) in [6.45, 7) is 5.03. The van der Waals surface area contributed by atoms with Gasteiger partial charge in [0.15, 0.2) is 5.92 Å². The van der Waals surface area contributed by atoms with Gasteiger partial charge in [0.2, 0.25) is 0 Å². The van der Waals surface area contributed by atoms with E-state index in [1.807, 2.05) is 0 Å². The standard InChI is InChI=1S/C14H18BrNO4/c1-14(2,3)20-13(19)10(12(17)18)11(16)8-4-6-9(15)7-5-8/h4-7,10-11H,16H2,1-3H3,(H,17,18)/t10-,11?/m0/s1. The fourth-order valence-electron chi connectivity index (χ4n) is 1.64. The summed E-state index contributed by atoms with van der Waals surface area (Å²) in [5.74, 6) is -3.56. The van der Waals surface area contributed by atoms with E-state index in [4.69, 9.17) is 10.5 Å². The van der Waals surface area contributed by atoms with Crippen molar-refractivity contribution in [3.8, 4) is 0 Å². The maximum Gasteiger partial charge on any atom is 0.322 e. The van der Waals surface area contributed by atoms with Gasteiger partial charge in [0, 0.05) is 4.47 Å². The van der Waals surface area contributed by atoms with E-state index >= 15 is 0 Å². The zero-order chi connectivity index (χ0) is 15.5. The van der Waals surface area contributed by atoms with Crippen LogP contribution in [0.15, 0.2) is 28.7 Å². The Morgan fingerprint density at radius 2 is 1.75 bits per heavy atom. The molecular formula is C14H18BrNO4. The average Bonchev–Trinajstić information content (AvgIpc) is 2.26. The van der Waals surface area contributed by atoms with Gasteiger partial charge in [0.25, 0.3) is 0 Å². The van der Waals surface area contributed by atoms with Crippen LogP contribution in [0.2, 0.25) is 0 Å². The number of rotatable bonds is 4. The number of ether oxygens (including phenoxy) is 1. The van der Waals surface area contributed by atoms with Crippen molar-refractivity contribution in [3.05, 3.63) is 34.3 Å². The smallest absolute Gasteiger partial charge is 0.322 e. The molecular weight excluding hydrogens is 326 g/mol. The molecule has 5 nitrogen and oxygen atoms in total. The van der Waals surface area contributed by atoms with E-state index in [1.165, 1.54) is 0 Å². The van der Waals surface area contributed by atoms with Crippen LogP contribution >= 0.6 is 15.9 Å². The third-order valence-corrected chi connectivity index (χ3v) is 3.07. The molecule has 0 aliphatic carbocycles. The SMILES string of the molecule is CC(C)(C)OC(=O)[C@H](C(=O)O)C(N)c1ccc(Br)cc1. The lowest BCUT2D eigenvalue weighted by Gasteiger charge is -2.25. The zero-order valence-electron chi connectivity index (χ0n) is 11.6. The van der Waals surface area contributed by atoms with Crippen molar-refractivity contribution in [1.82, 2.24) is 0 Å². The fourth-order valence-corrected chi connectivity index (χ4v) is 1.91. The van der Waals surface area contributed by atoms with Crippen LogP contribution < -0.4 is 5.73 Å². The average molecular weight is 344 g/mol. The minimum absolute atomic E-state index is 0.562. The van der Waals surface area contributed by atoms with Crippen molar-refractivity contribution >= 4 is 27.9 Å². The quantitative estimate of drug-likeness (QED) is 0.647. The number of hydrogen-bond acceptors (Lipinski definition) is 4. The minimum atomic E-state index is -1.43. The Kier molecular flexibility index (Phi) is 5.30. The monoisotopic (exact) mass is 343 g/mol. The second-order valence-electron chi connectivity index (χ2n) is 5.43. The lowest BCUT2D eigenvalue weighted by atomic mass is 9.93. The van der Waals surface area contributed by atoms with Crippen LogP contribution in [0.3, 0.4) is 0 Å². The second kappa shape index (κ2) is 6.37. The Labute approximate surface area is 126 Å². The molecule has 110 valence electrons. The van der Waals surface area contributed by atoms with Crippen LogP contribution in [0.25, 0.3) is 0 Å². The zero-order valence-corrected chi connectivity index (χ0v) is 13.2. The number of hydrogen-bond donors (Lipinski definition) is 2. The first-order valence-corrected chi connectivity index (χ1v) is 6.88. The Balaban J connectivity index is 2.99. The van der Waals surface area contributed by atoms with Crippen LogP contribution in [0.4, 0.5) is 0 Å². The number of carboxylic acids is 1. The molecule has 0 fully saturated rings. The number of carboxylic acid groups (broad SMARTS) is 1. The van der Waals surface area contributed by atoms with Crippen LogP contribution in [0.1, 0.15) is 32.4 Å². The van der Waals surface area contributed by atoms with Crippen LogP contribution in [-0.2, 0) is 14.3 Å². The molecule has 2 atom stereocenters. The number of carbonyl (C=O) groups is 2. The molecule has 0 aromatic heterocycles. The maximum atomic E-state index is 12.0. The molecule has 0 saturated carbocycles. The lowest BCUT2D eigenvalue weighted by Crippen LogP contribution is -2.39. The molecule has 20 heavy (non-hydrogen) atoms. The first-order chi connectivity index (χ1) is 9.11. The highest BCUT2D eigenvalue weighted by molar-refractivity contribution is 9.10. The predicted octanol–water partition coefficient (Wildman–Crippen LogP) is 2.49. The first-order valence-electron chi connectivity index (χ1n) is 6.08. The van der Waals surface area contributed by atoms with Crippen LogP contribution in [0, 0.1) is 5.92 Å². The topological polar surface area (TPSA) is 89.6 Å². The largest absolute Gasteiger partial charge is 0.481 e. The Morgan fingerprint density at radius 3 is 2.15 bits per heavy atom. The van der Waals surface area contributed by atoms with Crippen LogP contribution in [-0.4, -0.2) is 22.6 Å². The summed E-state index contributed by atoms with van der Waals surface area (Å²) in [7, 11) is 0. The third kappa shape index (κ3) is 4.61. The summed E-state index contributed by atoms with van der Waals surface area (Å²) in [4.78, 5) is 23.3. The van der Waals surface area contributed by atoms with Gasteiger partial charge in [0.05, 0.1) is 6.04 Å². The van der Waals surface area contributed by atoms with Crippen molar-refractivity contribution in [2.45, 2.75) is 32.4 Å². The minimum Gasteiger partial charge on any atom is -0.481 e. The van der Waals surface area contributed by atoms with Crippen LogP contribution in [0.5, 0.6) is 0 Å². The van der Waals surface area contributed by atoms with Crippen molar-refractivity contribution in [3.63, 3.8) is 0 Å². The van der Waals surface area contributed by atoms with E-state index < -0.39 is 29.5 Å². The van der Waals surface area contributed by atoms with Gasteiger partial charge in [-0.15, -0.1) is 0 Å². The van der Waals surface area contributed by atoms with E-state index in [2.05, 4.69) is 15.9 Å². The summed E-state index contributed by atoms with van der Waals surface area (Å²) >= 11 is 3.28. The van der Waals surface area contributed by atoms with Gasteiger partial charge in [-0.25, -0.2) is 0 Å². The molecule has 0 spiro atoms. The lowest BCUT2D eigenvalue weighted by molar-refractivity contribution is -0.167. The molecule has 0 saturated heterocycles. The summed E-state index contributed by atoms with van der Waals surface area (Å²) in [6.07, 6.45) is 0. The van der Waals surface area contributed by atoms with E-state index in [-0.39, 0.29) is 0 Å². The molecule has 0 heterocycles. The third-order valence-electron chi connectivity index (χ3n) is 2.54. The number of carbonyl (C=O) groups excluding carboxylic acids is 1. The maximum absolute atomic E-state index is 12.0. The number of halogens is 1. The molecule has 1 rings (SSSR count). The van der Waals surface area contributed by atoms with Gasteiger partial charge in [-0.2, -0.15) is 0 Å². The molecule has 3 N–H and O–H groups in total. The summed E-state index contributed by atoms with van der Waals surface area (Å²) in [5, 5.41) is 9.24. The molecule has 1 aromatic carbocycles. The number of esters is 1. The van der Waals surface area contributed by atoms with Gasteiger partial charge in [-0.1, -0.05) is 28.1 Å². The van der Waals surface area contributed by atoms with E-state index in [9.17, 15) is 14.7 Å². The van der Waals surface area contributed by atoms with E-state index in [0.717, 1.165) is 4.47 Å². The molecule has 1 aromatic rings. The summed E-state index contributed by atoms with van der Waals surface area (Å²) in [5.41, 5.74) is 5.71. The van der Waals surface area contributed by atoms with Gasteiger partial charge in [0.1, 0.15) is 5.60 Å². The summed E-state index contributed by atoms with van der Waals surface area (Å²) < 4.78 is 5.96. The Morgan fingerprint density at radius 1 is 1.25 bits per heavy atom. The number of benzene rings is 1. The highest BCUT2D eigenvalue weighted by Gasteiger charge is 2.37. The number of nitrogens with two attached hydrogens (primary N) is 1. The predicted molar refractivity (Wildman–Crippen MR) is 78.0 cm³/mol. The van der Waals surface area contributed by atoms with E-state index in [1.54, 1.807) is 45.0 Å². The Bertz CT molecular complexity index is 493. The van der Waals surface area contributed by atoms with Gasteiger partial charge < -0.3 is 15.6 Å².